The molecule has 1 atom stereocenters. The van der Waals surface area contributed by atoms with Gasteiger partial charge in [0.15, 0.2) is 4.96 Å². The van der Waals surface area contributed by atoms with Crippen molar-refractivity contribution in [3.63, 3.8) is 0 Å². The summed E-state index contributed by atoms with van der Waals surface area (Å²) in [6, 6.07) is 5.92. The van der Waals surface area contributed by atoms with Gasteiger partial charge in [-0.25, -0.2) is 9.78 Å². The van der Waals surface area contributed by atoms with Gasteiger partial charge < -0.3 is 10.5 Å². The Morgan fingerprint density at radius 2 is 2.40 bits per heavy atom. The number of thiazole rings is 1. The van der Waals surface area contributed by atoms with Crippen molar-refractivity contribution in [1.82, 2.24) is 9.38 Å². The smallest absolute Gasteiger partial charge is 0.414 e. The first-order chi connectivity index (χ1) is 9.76. The maximum atomic E-state index is 11.8. The monoisotopic (exact) mass is 288 g/mol. The fourth-order valence-electron chi connectivity index (χ4n) is 2.45. The molecule has 1 aliphatic heterocycles. The maximum Gasteiger partial charge on any atom is 0.414 e. The van der Waals surface area contributed by atoms with Crippen molar-refractivity contribution in [2.45, 2.75) is 6.10 Å². The quantitative estimate of drug-likeness (QED) is 0.781. The van der Waals surface area contributed by atoms with E-state index >= 15 is 0 Å². The van der Waals surface area contributed by atoms with Crippen molar-refractivity contribution >= 4 is 38.3 Å². The molecule has 2 aromatic heterocycles. The van der Waals surface area contributed by atoms with Crippen LogP contribution < -0.4 is 10.6 Å². The first kappa shape index (κ1) is 11.7. The van der Waals surface area contributed by atoms with Crippen LogP contribution in [0.4, 0.5) is 10.5 Å². The van der Waals surface area contributed by atoms with Crippen LogP contribution in [0.1, 0.15) is 0 Å². The molecule has 0 unspecified atom stereocenters. The fourth-order valence-corrected chi connectivity index (χ4v) is 3.47. The van der Waals surface area contributed by atoms with Crippen molar-refractivity contribution < 1.29 is 9.53 Å². The number of hydrogen-bond donors (Lipinski definition) is 1. The summed E-state index contributed by atoms with van der Waals surface area (Å²) < 4.78 is 8.31. The van der Waals surface area contributed by atoms with E-state index < -0.39 is 0 Å². The first-order valence-electron chi connectivity index (χ1n) is 6.30. The zero-order valence-electron chi connectivity index (χ0n) is 10.5. The van der Waals surface area contributed by atoms with E-state index in [1.807, 2.05) is 28.8 Å². The number of benzene rings is 1. The van der Waals surface area contributed by atoms with Crippen LogP contribution in [0.3, 0.4) is 0 Å². The van der Waals surface area contributed by atoms with Crippen molar-refractivity contribution in [3.8, 4) is 0 Å². The van der Waals surface area contributed by atoms with Gasteiger partial charge in [0.1, 0.15) is 6.10 Å². The molecule has 1 fully saturated rings. The van der Waals surface area contributed by atoms with Gasteiger partial charge >= 0.3 is 6.09 Å². The Labute approximate surface area is 118 Å². The van der Waals surface area contributed by atoms with Crippen molar-refractivity contribution in [2.24, 2.45) is 5.73 Å². The van der Waals surface area contributed by atoms with Crippen LogP contribution in [0.25, 0.3) is 15.2 Å². The molecule has 1 aliphatic rings. The third kappa shape index (κ3) is 1.60. The molecule has 4 rings (SSSR count). The van der Waals surface area contributed by atoms with E-state index in [1.54, 1.807) is 22.4 Å². The molecule has 7 heteroatoms. The summed E-state index contributed by atoms with van der Waals surface area (Å²) in [4.78, 5) is 18.7. The number of hydrogen-bond acceptors (Lipinski definition) is 5. The number of carbonyl (C=O) groups is 1. The number of carbonyl (C=O) groups excluding carboxylic acids is 1. The van der Waals surface area contributed by atoms with Crippen molar-refractivity contribution in [2.75, 3.05) is 18.0 Å². The number of fused-ring (bicyclic) bond motifs is 3. The first-order valence-corrected chi connectivity index (χ1v) is 7.12. The van der Waals surface area contributed by atoms with E-state index in [9.17, 15) is 4.79 Å². The minimum Gasteiger partial charge on any atom is -0.443 e. The van der Waals surface area contributed by atoms with Crippen LogP contribution in [-0.2, 0) is 4.74 Å². The Balaban J connectivity index is 1.79. The second kappa shape index (κ2) is 4.19. The number of imidazole rings is 1. The molecule has 102 valence electrons. The highest BCUT2D eigenvalue weighted by molar-refractivity contribution is 7.23. The number of ether oxygens (including phenoxy) is 1. The van der Waals surface area contributed by atoms with Crippen LogP contribution in [-0.4, -0.2) is 34.7 Å². The van der Waals surface area contributed by atoms with E-state index in [0.29, 0.717) is 13.1 Å². The molecule has 2 N–H and O–H groups in total. The lowest BCUT2D eigenvalue weighted by atomic mass is 10.2. The average molecular weight is 288 g/mol. The Morgan fingerprint density at radius 3 is 3.20 bits per heavy atom. The second-order valence-electron chi connectivity index (χ2n) is 4.69. The Bertz CT molecular complexity index is 809. The number of aromatic nitrogens is 2. The summed E-state index contributed by atoms with van der Waals surface area (Å²) in [6.45, 7) is 0.848. The third-order valence-corrected chi connectivity index (χ3v) is 4.49. The molecule has 3 heterocycles. The lowest BCUT2D eigenvalue weighted by Crippen LogP contribution is -2.27. The van der Waals surface area contributed by atoms with E-state index in [2.05, 4.69) is 4.98 Å². The van der Waals surface area contributed by atoms with Gasteiger partial charge in [-0.05, 0) is 18.2 Å². The molecule has 1 saturated heterocycles. The Kier molecular flexibility index (Phi) is 2.45. The third-order valence-electron chi connectivity index (χ3n) is 3.46. The summed E-state index contributed by atoms with van der Waals surface area (Å²) in [7, 11) is 0. The molecule has 0 bridgehead atoms. The number of rotatable bonds is 2. The maximum absolute atomic E-state index is 11.8. The highest BCUT2D eigenvalue weighted by Crippen LogP contribution is 2.31. The van der Waals surface area contributed by atoms with Crippen LogP contribution in [0.2, 0.25) is 0 Å². The molecular formula is C13H12N4O2S. The minimum atomic E-state index is -0.332. The van der Waals surface area contributed by atoms with Crippen LogP contribution >= 0.6 is 11.3 Å². The van der Waals surface area contributed by atoms with Gasteiger partial charge in [-0.2, -0.15) is 0 Å². The number of anilines is 1. The normalized spacial score (nSPS) is 19.1. The number of nitrogens with two attached hydrogens (primary N) is 1. The molecule has 0 aliphatic carbocycles. The summed E-state index contributed by atoms with van der Waals surface area (Å²) in [5.41, 5.74) is 7.48. The molecule has 1 aromatic carbocycles. The van der Waals surface area contributed by atoms with Gasteiger partial charge in [-0.1, -0.05) is 11.3 Å². The Morgan fingerprint density at radius 1 is 1.50 bits per heavy atom. The number of amides is 1. The molecule has 0 saturated carbocycles. The zero-order chi connectivity index (χ0) is 13.7. The average Bonchev–Trinajstić information content (AvgIpc) is 3.11. The predicted molar refractivity (Wildman–Crippen MR) is 77.2 cm³/mol. The molecule has 20 heavy (non-hydrogen) atoms. The standard InChI is InChI=1S/C13H12N4O2S/c14-6-9-7-17(13(18)19-9)8-1-2-10-11(5-8)20-12-15-3-4-16(10)12/h1-5,9H,6-7,14H2/t9-/m0/s1. The topological polar surface area (TPSA) is 72.9 Å². The summed E-state index contributed by atoms with van der Waals surface area (Å²) in [5.74, 6) is 0. The molecule has 0 spiro atoms. The fraction of sp³-hybridized carbons (Fsp3) is 0.231. The lowest BCUT2D eigenvalue weighted by Gasteiger charge is -2.12. The molecule has 6 nitrogen and oxygen atoms in total. The molecular weight excluding hydrogens is 276 g/mol. The highest BCUT2D eigenvalue weighted by Gasteiger charge is 2.31. The van der Waals surface area contributed by atoms with Gasteiger partial charge in [0.25, 0.3) is 0 Å². The van der Waals surface area contributed by atoms with E-state index in [4.69, 9.17) is 10.5 Å². The molecule has 3 aromatic rings. The van der Waals surface area contributed by atoms with Crippen LogP contribution in [0.5, 0.6) is 0 Å². The summed E-state index contributed by atoms with van der Waals surface area (Å²) in [5, 5.41) is 0. The van der Waals surface area contributed by atoms with Gasteiger partial charge in [-0.15, -0.1) is 0 Å². The lowest BCUT2D eigenvalue weighted by molar-refractivity contribution is 0.145. The van der Waals surface area contributed by atoms with Gasteiger partial charge in [0.05, 0.1) is 16.8 Å². The van der Waals surface area contributed by atoms with Gasteiger partial charge in [-0.3, -0.25) is 9.30 Å². The van der Waals surface area contributed by atoms with Gasteiger partial charge in [0.2, 0.25) is 0 Å². The summed E-state index contributed by atoms with van der Waals surface area (Å²) >= 11 is 1.60. The summed E-state index contributed by atoms with van der Waals surface area (Å²) in [6.07, 6.45) is 3.16. The minimum absolute atomic E-state index is 0.223. The van der Waals surface area contributed by atoms with E-state index in [-0.39, 0.29) is 12.2 Å². The largest absolute Gasteiger partial charge is 0.443 e. The molecule has 1 amide bonds. The SMILES string of the molecule is NC[C@H]1CN(c2ccc3c(c2)sc2nccn23)C(=O)O1. The number of nitrogens with zero attached hydrogens (tertiary/aromatic N) is 3. The van der Waals surface area contributed by atoms with Crippen LogP contribution in [0.15, 0.2) is 30.6 Å². The highest BCUT2D eigenvalue weighted by atomic mass is 32.1. The predicted octanol–water partition coefficient (Wildman–Crippen LogP) is 1.83. The number of cyclic esters (lactones) is 1. The molecule has 0 radical (unpaired) electrons. The van der Waals surface area contributed by atoms with Gasteiger partial charge in [0, 0.05) is 24.6 Å². The van der Waals surface area contributed by atoms with Crippen LogP contribution in [0, 0.1) is 0 Å². The zero-order valence-corrected chi connectivity index (χ0v) is 11.3. The van der Waals surface area contributed by atoms with Crippen molar-refractivity contribution in [3.05, 3.63) is 30.6 Å². The van der Waals surface area contributed by atoms with E-state index in [1.165, 1.54) is 0 Å². The van der Waals surface area contributed by atoms with E-state index in [0.717, 1.165) is 20.9 Å². The van der Waals surface area contributed by atoms with Crippen molar-refractivity contribution in [1.29, 1.82) is 0 Å². The Hall–Kier alpha value is -2.12. The second-order valence-corrected chi connectivity index (χ2v) is 5.70.